The van der Waals surface area contributed by atoms with Crippen LogP contribution in [0.3, 0.4) is 0 Å². The molecule has 0 N–H and O–H groups in total. The van der Waals surface area contributed by atoms with Gasteiger partial charge in [0.05, 0.1) is 5.70 Å². The number of likely N-dealkylation sites (tertiary alicyclic amines) is 1. The summed E-state index contributed by atoms with van der Waals surface area (Å²) in [6, 6.07) is 0. The number of carbonyl (C=O) groups excluding carboxylic acids is 1. The fraction of sp³-hybridized carbons (Fsp3) is 0.500. The van der Waals surface area contributed by atoms with E-state index < -0.39 is 0 Å². The molecule has 1 unspecified atom stereocenters. The van der Waals surface area contributed by atoms with E-state index in [1.54, 1.807) is 11.9 Å². The van der Waals surface area contributed by atoms with E-state index in [4.69, 9.17) is 0 Å². The van der Waals surface area contributed by atoms with E-state index >= 15 is 0 Å². The molecule has 1 rings (SSSR count). The normalized spacial score (nSPS) is 25.4. The third-order valence-electron chi connectivity index (χ3n) is 1.86. The van der Waals surface area contributed by atoms with Crippen molar-refractivity contribution in [2.45, 2.75) is 13.3 Å². The zero-order valence-electron chi connectivity index (χ0n) is 6.35. The molecule has 0 spiro atoms. The molecule has 0 aromatic carbocycles. The van der Waals surface area contributed by atoms with Crippen molar-refractivity contribution < 1.29 is 4.79 Å². The summed E-state index contributed by atoms with van der Waals surface area (Å²) in [5.41, 5.74) is 3.69. The molecule has 2 nitrogen and oxygen atoms in total. The molecule has 0 bridgehead atoms. The summed E-state index contributed by atoms with van der Waals surface area (Å²) in [7, 11) is 1.76. The average molecular weight is 137 g/mol. The van der Waals surface area contributed by atoms with Crippen LogP contribution in [0.1, 0.15) is 13.3 Å². The van der Waals surface area contributed by atoms with Gasteiger partial charge in [-0.1, -0.05) is 13.5 Å². The molecule has 0 saturated carbocycles. The van der Waals surface area contributed by atoms with Crippen LogP contribution >= 0.6 is 0 Å². The summed E-state index contributed by atoms with van der Waals surface area (Å²) >= 11 is 0. The topological polar surface area (TPSA) is 20.3 Å². The van der Waals surface area contributed by atoms with Gasteiger partial charge in [-0.2, -0.15) is 0 Å². The Hall–Kier alpha value is -1.01. The highest BCUT2D eigenvalue weighted by atomic mass is 16.2. The van der Waals surface area contributed by atoms with Crippen LogP contribution in [0.2, 0.25) is 0 Å². The molecule has 1 aliphatic rings. The minimum Gasteiger partial charge on any atom is -0.312 e. The molecule has 1 aliphatic heterocycles. The van der Waals surface area contributed by atoms with Crippen LogP contribution in [-0.4, -0.2) is 17.9 Å². The molecule has 1 heterocycles. The van der Waals surface area contributed by atoms with Crippen LogP contribution in [0, 0.1) is 5.92 Å². The average Bonchev–Trinajstić information content (AvgIpc) is 2.09. The Bertz CT molecular complexity index is 213. The summed E-state index contributed by atoms with van der Waals surface area (Å²) < 4.78 is 0. The molecule has 0 aliphatic carbocycles. The fourth-order valence-electron chi connectivity index (χ4n) is 1.25. The monoisotopic (exact) mass is 137 g/mol. The summed E-state index contributed by atoms with van der Waals surface area (Å²) in [5, 5.41) is 0. The van der Waals surface area contributed by atoms with Gasteiger partial charge < -0.3 is 4.90 Å². The second-order valence-electron chi connectivity index (χ2n) is 2.62. The van der Waals surface area contributed by atoms with Gasteiger partial charge in [0.2, 0.25) is 5.91 Å². The van der Waals surface area contributed by atoms with Crippen molar-refractivity contribution in [1.82, 2.24) is 4.90 Å². The number of nitrogens with zero attached hydrogens (tertiary/aromatic N) is 1. The number of allylic oxidation sites excluding steroid dienone is 1. The van der Waals surface area contributed by atoms with E-state index in [1.165, 1.54) is 0 Å². The van der Waals surface area contributed by atoms with Crippen LogP contribution < -0.4 is 0 Å². The molecule has 10 heavy (non-hydrogen) atoms. The summed E-state index contributed by atoms with van der Waals surface area (Å²) in [6.07, 6.45) is 0.606. The summed E-state index contributed by atoms with van der Waals surface area (Å²) in [6.45, 7) is 5.53. The van der Waals surface area contributed by atoms with E-state index in [2.05, 4.69) is 12.3 Å². The Morgan fingerprint density at radius 2 is 2.40 bits per heavy atom. The second kappa shape index (κ2) is 2.31. The predicted octanol–water partition coefficient (Wildman–Crippen LogP) is 1.15. The molecule has 1 saturated heterocycles. The Labute approximate surface area is 60.8 Å². The molecule has 1 atom stereocenters. The lowest BCUT2D eigenvalue weighted by Crippen LogP contribution is -2.16. The fourth-order valence-corrected chi connectivity index (χ4v) is 1.25. The second-order valence-corrected chi connectivity index (χ2v) is 2.62. The molecule has 54 valence electrons. The highest BCUT2D eigenvalue weighted by Crippen LogP contribution is 2.25. The van der Waals surface area contributed by atoms with Crippen LogP contribution in [0.25, 0.3) is 0 Å². The quantitative estimate of drug-likeness (QED) is 0.459. The van der Waals surface area contributed by atoms with Crippen LogP contribution in [0.4, 0.5) is 0 Å². The lowest BCUT2D eigenvalue weighted by molar-refractivity contribution is -0.125. The Morgan fingerprint density at radius 3 is 2.60 bits per heavy atom. The van der Waals surface area contributed by atoms with Crippen molar-refractivity contribution >= 4 is 5.91 Å². The molecule has 2 heteroatoms. The number of hydrogen-bond donors (Lipinski definition) is 0. The standard InChI is InChI=1S/C8H11NO/c1-4-7-6(2)5-8(10)9(7)3/h6H,1,5H2,2-3H3. The largest absolute Gasteiger partial charge is 0.312 e. The minimum absolute atomic E-state index is 0.165. The predicted molar refractivity (Wildman–Crippen MR) is 39.2 cm³/mol. The molecule has 0 aromatic rings. The molecular formula is C8H11NO. The maximum atomic E-state index is 11.0. The third kappa shape index (κ3) is 0.869. The lowest BCUT2D eigenvalue weighted by Gasteiger charge is -2.08. The molecule has 0 radical (unpaired) electrons. The zero-order chi connectivity index (χ0) is 7.72. The minimum atomic E-state index is 0.165. The van der Waals surface area contributed by atoms with E-state index in [0.29, 0.717) is 12.3 Å². The first kappa shape index (κ1) is 7.10. The van der Waals surface area contributed by atoms with Gasteiger partial charge in [0.15, 0.2) is 0 Å². The van der Waals surface area contributed by atoms with E-state index in [-0.39, 0.29) is 5.91 Å². The van der Waals surface area contributed by atoms with Gasteiger partial charge in [0.25, 0.3) is 0 Å². The van der Waals surface area contributed by atoms with E-state index in [1.807, 2.05) is 6.92 Å². The zero-order valence-corrected chi connectivity index (χ0v) is 6.35. The Kier molecular flexibility index (Phi) is 1.64. The SMILES string of the molecule is C=C=C1C(C)CC(=O)N1C. The Morgan fingerprint density at radius 1 is 1.80 bits per heavy atom. The maximum Gasteiger partial charge on any atom is 0.227 e. The number of rotatable bonds is 0. The van der Waals surface area contributed by atoms with Crippen LogP contribution in [0.15, 0.2) is 18.0 Å². The molecular weight excluding hydrogens is 126 g/mol. The highest BCUT2D eigenvalue weighted by Gasteiger charge is 2.28. The van der Waals surface area contributed by atoms with Gasteiger partial charge in [-0.15, -0.1) is 5.73 Å². The first-order valence-corrected chi connectivity index (χ1v) is 3.33. The number of hydrogen-bond acceptors (Lipinski definition) is 1. The third-order valence-corrected chi connectivity index (χ3v) is 1.86. The highest BCUT2D eigenvalue weighted by molar-refractivity contribution is 5.81. The van der Waals surface area contributed by atoms with Gasteiger partial charge in [0, 0.05) is 19.4 Å². The maximum absolute atomic E-state index is 11.0. The van der Waals surface area contributed by atoms with Gasteiger partial charge >= 0.3 is 0 Å². The van der Waals surface area contributed by atoms with Gasteiger partial charge in [-0.3, -0.25) is 4.79 Å². The van der Waals surface area contributed by atoms with E-state index in [9.17, 15) is 4.79 Å². The molecule has 1 amide bonds. The van der Waals surface area contributed by atoms with Gasteiger partial charge in [0.1, 0.15) is 0 Å². The number of carbonyl (C=O) groups is 1. The van der Waals surface area contributed by atoms with Crippen LogP contribution in [0.5, 0.6) is 0 Å². The molecule has 1 fully saturated rings. The summed E-state index contributed by atoms with van der Waals surface area (Å²) in [5.74, 6) is 0.466. The van der Waals surface area contributed by atoms with Crippen molar-refractivity contribution in [3.63, 3.8) is 0 Å². The lowest BCUT2D eigenvalue weighted by atomic mass is 10.1. The smallest absolute Gasteiger partial charge is 0.227 e. The van der Waals surface area contributed by atoms with Crippen molar-refractivity contribution in [3.05, 3.63) is 18.0 Å². The van der Waals surface area contributed by atoms with Gasteiger partial charge in [-0.25, -0.2) is 0 Å². The Balaban J connectivity index is 2.95. The van der Waals surface area contributed by atoms with Crippen molar-refractivity contribution in [1.29, 1.82) is 0 Å². The first-order chi connectivity index (χ1) is 4.66. The first-order valence-electron chi connectivity index (χ1n) is 3.33. The molecule has 0 aromatic heterocycles. The van der Waals surface area contributed by atoms with Crippen molar-refractivity contribution in [3.8, 4) is 0 Å². The summed E-state index contributed by atoms with van der Waals surface area (Å²) in [4.78, 5) is 12.6. The van der Waals surface area contributed by atoms with Crippen LogP contribution in [-0.2, 0) is 4.79 Å². The van der Waals surface area contributed by atoms with Crippen molar-refractivity contribution in [2.24, 2.45) is 5.92 Å². The van der Waals surface area contributed by atoms with E-state index in [0.717, 1.165) is 5.70 Å². The van der Waals surface area contributed by atoms with Crippen molar-refractivity contribution in [2.75, 3.05) is 7.05 Å². The van der Waals surface area contributed by atoms with Gasteiger partial charge in [-0.05, 0) is 0 Å². The number of amides is 1.